The van der Waals surface area contributed by atoms with E-state index in [-0.39, 0.29) is 5.78 Å². The molecule has 1 heterocycles. The molecule has 0 aliphatic carbocycles. The number of benzene rings is 1. The van der Waals surface area contributed by atoms with Crippen molar-refractivity contribution < 1.29 is 9.53 Å². The summed E-state index contributed by atoms with van der Waals surface area (Å²) in [7, 11) is 0. The number of rotatable bonds is 7. The molecule has 1 aromatic carbocycles. The lowest BCUT2D eigenvalue weighted by molar-refractivity contribution is 0.0953. The van der Waals surface area contributed by atoms with Crippen molar-refractivity contribution in [1.82, 2.24) is 4.90 Å². The number of hydrogen-bond donors (Lipinski definition) is 0. The van der Waals surface area contributed by atoms with Crippen molar-refractivity contribution in [1.29, 1.82) is 0 Å². The van der Waals surface area contributed by atoms with Crippen LogP contribution < -0.4 is 4.74 Å². The third kappa shape index (κ3) is 5.16. The molecule has 0 saturated carbocycles. The molecule has 0 atom stereocenters. The molecule has 2 rings (SSSR count). The van der Waals surface area contributed by atoms with Gasteiger partial charge in [0.05, 0.1) is 6.61 Å². The number of ether oxygens (including phenoxy) is 1. The van der Waals surface area contributed by atoms with Crippen molar-refractivity contribution in [3.05, 3.63) is 29.8 Å². The number of carbonyl (C=O) groups excluding carboxylic acids is 1. The van der Waals surface area contributed by atoms with Gasteiger partial charge >= 0.3 is 0 Å². The second-order valence-corrected chi connectivity index (χ2v) is 6.07. The molecular weight excluding hydrogens is 262 g/mol. The minimum Gasteiger partial charge on any atom is -0.494 e. The monoisotopic (exact) mass is 289 g/mol. The number of piperidine rings is 1. The molecule has 0 radical (unpaired) electrons. The topological polar surface area (TPSA) is 29.5 Å². The molecule has 0 amide bonds. The Balaban J connectivity index is 1.77. The standard InChI is InChI=1S/C18H27NO2/c1-3-14-21-17-6-4-16(5-7-17)18(20)10-13-19-11-8-15(2)9-12-19/h4-7,15H,3,8-14H2,1-2H3. The maximum absolute atomic E-state index is 12.2. The molecule has 0 bridgehead atoms. The van der Waals surface area contributed by atoms with Gasteiger partial charge in [-0.15, -0.1) is 0 Å². The van der Waals surface area contributed by atoms with Gasteiger partial charge in [0.1, 0.15) is 5.75 Å². The minimum absolute atomic E-state index is 0.232. The fourth-order valence-electron chi connectivity index (χ4n) is 2.65. The molecule has 1 saturated heterocycles. The molecule has 0 spiro atoms. The summed E-state index contributed by atoms with van der Waals surface area (Å²) in [5, 5.41) is 0. The Morgan fingerprint density at radius 2 is 1.90 bits per heavy atom. The van der Waals surface area contributed by atoms with Crippen molar-refractivity contribution in [2.24, 2.45) is 5.92 Å². The van der Waals surface area contributed by atoms with E-state index in [1.807, 2.05) is 24.3 Å². The van der Waals surface area contributed by atoms with Crippen LogP contribution in [-0.2, 0) is 0 Å². The highest BCUT2D eigenvalue weighted by Gasteiger charge is 2.16. The third-order valence-electron chi connectivity index (χ3n) is 4.18. The molecule has 1 aliphatic heterocycles. The van der Waals surface area contributed by atoms with E-state index in [1.165, 1.54) is 12.8 Å². The average Bonchev–Trinajstić information content (AvgIpc) is 2.52. The second-order valence-electron chi connectivity index (χ2n) is 6.07. The molecule has 0 aromatic heterocycles. The summed E-state index contributed by atoms with van der Waals surface area (Å²) >= 11 is 0. The normalized spacial score (nSPS) is 16.9. The number of carbonyl (C=O) groups is 1. The molecule has 1 aliphatic rings. The van der Waals surface area contributed by atoms with E-state index < -0.39 is 0 Å². The van der Waals surface area contributed by atoms with Gasteiger partial charge in [-0.25, -0.2) is 0 Å². The van der Waals surface area contributed by atoms with Crippen LogP contribution in [0.25, 0.3) is 0 Å². The van der Waals surface area contributed by atoms with Gasteiger partial charge in [0.25, 0.3) is 0 Å². The first-order chi connectivity index (χ1) is 10.2. The summed E-state index contributed by atoms with van der Waals surface area (Å²) in [6.45, 7) is 8.28. The number of nitrogens with zero attached hydrogens (tertiary/aromatic N) is 1. The first-order valence-corrected chi connectivity index (χ1v) is 8.17. The van der Waals surface area contributed by atoms with Crippen molar-refractivity contribution >= 4 is 5.78 Å². The summed E-state index contributed by atoms with van der Waals surface area (Å²) in [6.07, 6.45) is 4.13. The van der Waals surface area contributed by atoms with Gasteiger partial charge in [-0.3, -0.25) is 4.79 Å². The Morgan fingerprint density at radius 1 is 1.24 bits per heavy atom. The fraction of sp³-hybridized carbons (Fsp3) is 0.611. The zero-order valence-corrected chi connectivity index (χ0v) is 13.3. The molecular formula is C18H27NO2. The second kappa shape index (κ2) is 8.18. The van der Waals surface area contributed by atoms with Crippen LogP contribution in [0.15, 0.2) is 24.3 Å². The molecule has 0 unspecified atom stereocenters. The van der Waals surface area contributed by atoms with E-state index >= 15 is 0 Å². The average molecular weight is 289 g/mol. The van der Waals surface area contributed by atoms with Crippen LogP contribution in [0, 0.1) is 5.92 Å². The maximum Gasteiger partial charge on any atom is 0.164 e. The lowest BCUT2D eigenvalue weighted by Crippen LogP contribution is -2.34. The first kappa shape index (κ1) is 16.0. The summed E-state index contributed by atoms with van der Waals surface area (Å²) in [4.78, 5) is 14.6. The van der Waals surface area contributed by atoms with Crippen molar-refractivity contribution in [3.63, 3.8) is 0 Å². The Morgan fingerprint density at radius 3 is 2.52 bits per heavy atom. The van der Waals surface area contributed by atoms with Gasteiger partial charge < -0.3 is 9.64 Å². The van der Waals surface area contributed by atoms with Gasteiger partial charge in [0.15, 0.2) is 5.78 Å². The molecule has 1 aromatic rings. The lowest BCUT2D eigenvalue weighted by atomic mass is 9.99. The van der Waals surface area contributed by atoms with Crippen LogP contribution in [0.4, 0.5) is 0 Å². The van der Waals surface area contributed by atoms with Crippen LogP contribution >= 0.6 is 0 Å². The minimum atomic E-state index is 0.232. The smallest absolute Gasteiger partial charge is 0.164 e. The molecule has 0 N–H and O–H groups in total. The Bertz CT molecular complexity index is 433. The quantitative estimate of drug-likeness (QED) is 0.715. The largest absolute Gasteiger partial charge is 0.494 e. The van der Waals surface area contributed by atoms with Crippen molar-refractivity contribution in [3.8, 4) is 5.75 Å². The van der Waals surface area contributed by atoms with Crippen LogP contribution in [-0.4, -0.2) is 36.9 Å². The van der Waals surface area contributed by atoms with Gasteiger partial charge in [-0.1, -0.05) is 13.8 Å². The lowest BCUT2D eigenvalue weighted by Gasteiger charge is -2.29. The predicted octanol–water partition coefficient (Wildman–Crippen LogP) is 3.78. The molecule has 1 fully saturated rings. The van der Waals surface area contributed by atoms with Crippen LogP contribution in [0.2, 0.25) is 0 Å². The summed E-state index contributed by atoms with van der Waals surface area (Å²) < 4.78 is 5.54. The predicted molar refractivity (Wildman–Crippen MR) is 86.0 cm³/mol. The van der Waals surface area contributed by atoms with Crippen LogP contribution in [0.3, 0.4) is 0 Å². The molecule has 3 nitrogen and oxygen atoms in total. The first-order valence-electron chi connectivity index (χ1n) is 8.17. The van der Waals surface area contributed by atoms with E-state index in [0.717, 1.165) is 49.9 Å². The Labute approximate surface area is 128 Å². The summed E-state index contributed by atoms with van der Waals surface area (Å²) in [5.41, 5.74) is 0.796. The highest BCUT2D eigenvalue weighted by molar-refractivity contribution is 5.96. The summed E-state index contributed by atoms with van der Waals surface area (Å²) in [5.74, 6) is 1.92. The molecule has 116 valence electrons. The zero-order chi connectivity index (χ0) is 15.1. The van der Waals surface area contributed by atoms with Crippen molar-refractivity contribution in [2.45, 2.75) is 39.5 Å². The maximum atomic E-state index is 12.2. The van der Waals surface area contributed by atoms with Crippen molar-refractivity contribution in [2.75, 3.05) is 26.2 Å². The Kier molecular flexibility index (Phi) is 6.24. The van der Waals surface area contributed by atoms with E-state index in [0.29, 0.717) is 6.42 Å². The fourth-order valence-corrected chi connectivity index (χ4v) is 2.65. The van der Waals surface area contributed by atoms with E-state index in [2.05, 4.69) is 18.7 Å². The van der Waals surface area contributed by atoms with Crippen LogP contribution in [0.1, 0.15) is 49.9 Å². The van der Waals surface area contributed by atoms with E-state index in [9.17, 15) is 4.79 Å². The Hall–Kier alpha value is -1.35. The van der Waals surface area contributed by atoms with Gasteiger partial charge in [-0.2, -0.15) is 0 Å². The number of likely N-dealkylation sites (tertiary alicyclic amines) is 1. The third-order valence-corrected chi connectivity index (χ3v) is 4.18. The van der Waals surface area contributed by atoms with Crippen LogP contribution in [0.5, 0.6) is 5.75 Å². The molecule has 21 heavy (non-hydrogen) atoms. The highest BCUT2D eigenvalue weighted by atomic mass is 16.5. The van der Waals surface area contributed by atoms with Gasteiger partial charge in [0.2, 0.25) is 0 Å². The van der Waals surface area contributed by atoms with Gasteiger partial charge in [0, 0.05) is 18.5 Å². The number of ketones is 1. The zero-order valence-electron chi connectivity index (χ0n) is 13.3. The van der Waals surface area contributed by atoms with E-state index in [1.54, 1.807) is 0 Å². The number of hydrogen-bond acceptors (Lipinski definition) is 3. The highest BCUT2D eigenvalue weighted by Crippen LogP contribution is 2.17. The number of Topliss-reactive ketones (excluding diaryl/α,β-unsaturated/α-hetero) is 1. The van der Waals surface area contributed by atoms with Gasteiger partial charge in [-0.05, 0) is 62.5 Å². The van der Waals surface area contributed by atoms with E-state index in [4.69, 9.17) is 4.74 Å². The SMILES string of the molecule is CCCOc1ccc(C(=O)CCN2CCC(C)CC2)cc1. The summed E-state index contributed by atoms with van der Waals surface area (Å²) in [6, 6.07) is 7.55. The molecule has 3 heteroatoms.